The van der Waals surface area contributed by atoms with Crippen LogP contribution in [0.2, 0.25) is 0 Å². The Morgan fingerprint density at radius 3 is 2.24 bits per heavy atom. The number of aromatic nitrogens is 2. The molecule has 0 N–H and O–H groups in total. The van der Waals surface area contributed by atoms with Crippen molar-refractivity contribution in [2.24, 2.45) is 7.05 Å². The average Bonchev–Trinajstić information content (AvgIpc) is 3.37. The van der Waals surface area contributed by atoms with E-state index in [-0.39, 0.29) is 0 Å². The standard InChI is InChI=1S/C10H9F3N2S.C9H16O.C3H6/c1-6-3-4-8(16-6)7-5-9(10(11,12)13)15(2)14-7;1-2-5-9(6-3-1)7-4-8-10-9;1-3-2/h3-5H,1-2H3;1-8H2;3H,1H2,2H3. The number of nitrogens with zero attached hydrogens (tertiary/aromatic N) is 2. The molecule has 3 nitrogen and oxygen atoms in total. The maximum Gasteiger partial charge on any atom is 0.433 e. The van der Waals surface area contributed by atoms with Gasteiger partial charge in [-0.05, 0) is 57.7 Å². The van der Waals surface area contributed by atoms with Crippen molar-refractivity contribution >= 4 is 11.3 Å². The van der Waals surface area contributed by atoms with E-state index in [4.69, 9.17) is 4.74 Å². The first-order chi connectivity index (χ1) is 13.7. The van der Waals surface area contributed by atoms with Crippen LogP contribution in [0.5, 0.6) is 0 Å². The van der Waals surface area contributed by atoms with E-state index in [1.165, 1.54) is 63.3 Å². The molecule has 29 heavy (non-hydrogen) atoms. The minimum atomic E-state index is -4.35. The molecule has 0 unspecified atom stereocenters. The van der Waals surface area contributed by atoms with Crippen LogP contribution in [-0.4, -0.2) is 22.0 Å². The number of ether oxygens (including phenoxy) is 1. The van der Waals surface area contributed by atoms with Gasteiger partial charge in [0, 0.05) is 18.5 Å². The Morgan fingerprint density at radius 2 is 1.79 bits per heavy atom. The zero-order chi connectivity index (χ0) is 21.5. The molecule has 162 valence electrons. The number of alkyl halides is 3. The van der Waals surface area contributed by atoms with Gasteiger partial charge in [0.1, 0.15) is 11.4 Å². The topological polar surface area (TPSA) is 27.1 Å². The van der Waals surface area contributed by atoms with Gasteiger partial charge in [-0.2, -0.15) is 18.3 Å². The number of allylic oxidation sites excluding steroid dienone is 1. The van der Waals surface area contributed by atoms with Crippen LogP contribution >= 0.6 is 11.3 Å². The van der Waals surface area contributed by atoms with E-state index >= 15 is 0 Å². The molecule has 0 bridgehead atoms. The molecule has 1 saturated carbocycles. The molecule has 1 aliphatic heterocycles. The summed E-state index contributed by atoms with van der Waals surface area (Å²) in [5.74, 6) is 0. The van der Waals surface area contributed by atoms with Gasteiger partial charge in [-0.3, -0.25) is 4.68 Å². The highest BCUT2D eigenvalue weighted by Crippen LogP contribution is 2.39. The molecule has 0 radical (unpaired) electrons. The van der Waals surface area contributed by atoms with Gasteiger partial charge in [-0.15, -0.1) is 17.9 Å². The molecule has 0 aromatic carbocycles. The molecule has 2 aromatic rings. The zero-order valence-electron chi connectivity index (χ0n) is 17.5. The lowest BCUT2D eigenvalue weighted by molar-refractivity contribution is -0.143. The van der Waals surface area contributed by atoms with Gasteiger partial charge in [0.05, 0.1) is 10.5 Å². The second-order valence-corrected chi connectivity index (χ2v) is 8.84. The maximum atomic E-state index is 12.5. The SMILES string of the molecule is C1CCC2(CC1)CCCO2.C=CC.Cc1ccc(-c2cc(C(F)(F)F)n(C)n2)s1. The summed E-state index contributed by atoms with van der Waals surface area (Å²) >= 11 is 1.43. The normalized spacial score (nSPS) is 17.9. The minimum absolute atomic E-state index is 0.368. The summed E-state index contributed by atoms with van der Waals surface area (Å²) in [4.78, 5) is 1.80. The quantitative estimate of drug-likeness (QED) is 0.450. The summed E-state index contributed by atoms with van der Waals surface area (Å²) in [6, 6.07) is 4.72. The van der Waals surface area contributed by atoms with Crippen LogP contribution in [0.25, 0.3) is 10.6 Å². The van der Waals surface area contributed by atoms with Crippen LogP contribution in [0.1, 0.15) is 62.4 Å². The second-order valence-electron chi connectivity index (χ2n) is 7.55. The predicted octanol–water partition coefficient (Wildman–Crippen LogP) is 7.17. The van der Waals surface area contributed by atoms with Gasteiger partial charge in [0.15, 0.2) is 0 Å². The van der Waals surface area contributed by atoms with E-state index in [9.17, 15) is 13.2 Å². The summed E-state index contributed by atoms with van der Waals surface area (Å²) in [5.41, 5.74) is 0.0135. The van der Waals surface area contributed by atoms with Crippen LogP contribution in [0, 0.1) is 6.92 Å². The Morgan fingerprint density at radius 1 is 1.17 bits per heavy atom. The lowest BCUT2D eigenvalue weighted by Gasteiger charge is -2.32. The van der Waals surface area contributed by atoms with Crippen molar-refractivity contribution in [3.05, 3.63) is 41.4 Å². The lowest BCUT2D eigenvalue weighted by Crippen LogP contribution is -2.29. The van der Waals surface area contributed by atoms with Crippen molar-refractivity contribution in [2.75, 3.05) is 6.61 Å². The first-order valence-electron chi connectivity index (χ1n) is 10.1. The molecule has 7 heteroatoms. The lowest BCUT2D eigenvalue weighted by atomic mass is 9.83. The van der Waals surface area contributed by atoms with Crippen molar-refractivity contribution in [2.45, 2.75) is 70.6 Å². The van der Waals surface area contributed by atoms with Gasteiger partial charge in [0.2, 0.25) is 0 Å². The molecule has 1 aliphatic carbocycles. The summed E-state index contributed by atoms with van der Waals surface area (Å²) in [7, 11) is 1.30. The summed E-state index contributed by atoms with van der Waals surface area (Å²) in [6.07, 6.45) is 6.96. The van der Waals surface area contributed by atoms with Crippen LogP contribution < -0.4 is 0 Å². The Bertz CT molecular complexity index is 765. The molecule has 1 saturated heterocycles. The maximum absolute atomic E-state index is 12.5. The van der Waals surface area contributed by atoms with Gasteiger partial charge >= 0.3 is 6.18 Å². The Labute approximate surface area is 175 Å². The third-order valence-electron chi connectivity index (χ3n) is 5.11. The molecule has 2 aromatic heterocycles. The Balaban J connectivity index is 0.000000196. The number of halogens is 3. The summed E-state index contributed by atoms with van der Waals surface area (Å²) in [5, 5.41) is 3.87. The van der Waals surface area contributed by atoms with Gasteiger partial charge in [0.25, 0.3) is 0 Å². The third kappa shape index (κ3) is 6.71. The number of rotatable bonds is 1. The van der Waals surface area contributed by atoms with Gasteiger partial charge in [-0.1, -0.05) is 25.3 Å². The highest BCUT2D eigenvalue weighted by Gasteiger charge is 2.36. The van der Waals surface area contributed by atoms with Crippen LogP contribution in [0.3, 0.4) is 0 Å². The highest BCUT2D eigenvalue weighted by molar-refractivity contribution is 7.15. The van der Waals surface area contributed by atoms with Gasteiger partial charge < -0.3 is 4.74 Å². The number of hydrogen-bond acceptors (Lipinski definition) is 3. The number of thiophene rings is 1. The molecule has 2 aliphatic rings. The molecule has 1 spiro atoms. The van der Waals surface area contributed by atoms with Gasteiger partial charge in [-0.25, -0.2) is 0 Å². The van der Waals surface area contributed by atoms with E-state index < -0.39 is 11.9 Å². The van der Waals surface area contributed by atoms with E-state index in [0.717, 1.165) is 27.1 Å². The second kappa shape index (κ2) is 10.4. The van der Waals surface area contributed by atoms with E-state index in [0.29, 0.717) is 11.3 Å². The van der Waals surface area contributed by atoms with Crippen LogP contribution in [-0.2, 0) is 18.0 Å². The number of aryl methyl sites for hydroxylation is 2. The van der Waals surface area contributed by atoms with E-state index in [1.54, 1.807) is 12.1 Å². The Kier molecular flexibility index (Phi) is 8.52. The minimum Gasteiger partial charge on any atom is -0.375 e. The fourth-order valence-electron chi connectivity index (χ4n) is 3.77. The fraction of sp³-hybridized carbons (Fsp3) is 0.591. The highest BCUT2D eigenvalue weighted by atomic mass is 32.1. The average molecular weight is 429 g/mol. The van der Waals surface area contributed by atoms with Crippen molar-refractivity contribution in [3.8, 4) is 10.6 Å². The molecule has 0 amide bonds. The summed E-state index contributed by atoms with van der Waals surface area (Å²) < 4.78 is 44.2. The van der Waals surface area contributed by atoms with Crippen molar-refractivity contribution in [1.82, 2.24) is 9.78 Å². The molecule has 0 atom stereocenters. The fourth-order valence-corrected chi connectivity index (χ4v) is 4.59. The van der Waals surface area contributed by atoms with Crippen molar-refractivity contribution in [3.63, 3.8) is 0 Å². The van der Waals surface area contributed by atoms with E-state index in [2.05, 4.69) is 11.7 Å². The zero-order valence-corrected chi connectivity index (χ0v) is 18.3. The monoisotopic (exact) mass is 428 g/mol. The molecule has 2 fully saturated rings. The van der Waals surface area contributed by atoms with Crippen LogP contribution in [0.15, 0.2) is 30.9 Å². The molecular formula is C22H31F3N2OS. The first-order valence-corrected chi connectivity index (χ1v) is 10.9. The Hall–Kier alpha value is -1.60. The third-order valence-corrected chi connectivity index (χ3v) is 6.14. The first kappa shape index (κ1) is 23.7. The van der Waals surface area contributed by atoms with Crippen molar-refractivity contribution < 1.29 is 17.9 Å². The van der Waals surface area contributed by atoms with Crippen molar-refractivity contribution in [1.29, 1.82) is 0 Å². The molecule has 3 heterocycles. The van der Waals surface area contributed by atoms with Crippen LogP contribution in [0.4, 0.5) is 13.2 Å². The summed E-state index contributed by atoms with van der Waals surface area (Å²) in [6.45, 7) is 8.18. The van der Waals surface area contributed by atoms with E-state index in [1.807, 2.05) is 19.9 Å². The molecular weight excluding hydrogens is 397 g/mol. The predicted molar refractivity (Wildman–Crippen MR) is 113 cm³/mol. The number of hydrogen-bond donors (Lipinski definition) is 0. The molecule has 4 rings (SSSR count). The smallest absolute Gasteiger partial charge is 0.375 e. The largest absolute Gasteiger partial charge is 0.433 e.